The van der Waals surface area contributed by atoms with E-state index in [-0.39, 0.29) is 0 Å². The Morgan fingerprint density at radius 2 is 1.80 bits per heavy atom. The summed E-state index contributed by atoms with van der Waals surface area (Å²) in [4.78, 5) is 9.68. The number of aliphatic hydroxyl groups is 2. The minimum absolute atomic E-state index is 0.546. The predicted octanol–water partition coefficient (Wildman–Crippen LogP) is 0.123. The quantitative estimate of drug-likeness (QED) is 0.556. The summed E-state index contributed by atoms with van der Waals surface area (Å²) in [5, 5.41) is 15.7. The molecule has 10 heavy (non-hydrogen) atoms. The van der Waals surface area contributed by atoms with Crippen molar-refractivity contribution < 1.29 is 15.0 Å². The molecular weight excluding hydrogens is 132 g/mol. The minimum atomic E-state index is -0.559. The fourth-order valence-electron chi connectivity index (χ4n) is 0.0500. The second-order valence-corrected chi connectivity index (χ2v) is 1.55. The maximum atomic E-state index is 9.68. The summed E-state index contributed by atoms with van der Waals surface area (Å²) >= 11 is 0. The van der Waals surface area contributed by atoms with E-state index >= 15 is 0 Å². The third kappa shape index (κ3) is 15.7. The van der Waals surface area contributed by atoms with Gasteiger partial charge < -0.3 is 10.2 Å². The van der Waals surface area contributed by atoms with Crippen molar-refractivity contribution in [3.8, 4) is 0 Å². The molecule has 0 fully saturated rings. The van der Waals surface area contributed by atoms with E-state index in [1.807, 2.05) is 6.08 Å². The molecule has 0 aromatic heterocycles. The summed E-state index contributed by atoms with van der Waals surface area (Å²) < 4.78 is 0. The Morgan fingerprint density at radius 3 is 1.80 bits per heavy atom. The van der Waals surface area contributed by atoms with E-state index in [9.17, 15) is 4.79 Å². The van der Waals surface area contributed by atoms with Gasteiger partial charge in [-0.1, -0.05) is 13.0 Å². The van der Waals surface area contributed by atoms with Crippen LogP contribution < -0.4 is 0 Å². The zero-order valence-corrected chi connectivity index (χ0v) is 6.21. The predicted molar refractivity (Wildman–Crippen MR) is 39.7 cm³/mol. The Bertz CT molecular complexity index is 82.9. The second kappa shape index (κ2) is 11.2. The van der Waals surface area contributed by atoms with Crippen molar-refractivity contribution in [2.75, 3.05) is 13.2 Å². The molecule has 0 aromatic rings. The van der Waals surface area contributed by atoms with Gasteiger partial charge in [0.2, 0.25) is 0 Å². The van der Waals surface area contributed by atoms with Gasteiger partial charge in [-0.05, 0) is 6.42 Å². The maximum absolute atomic E-state index is 9.68. The molecule has 0 aliphatic rings. The highest BCUT2D eigenvalue weighted by Crippen LogP contribution is 1.66. The van der Waals surface area contributed by atoms with Gasteiger partial charge in [-0.25, -0.2) is 0 Å². The molecule has 60 valence electrons. The first kappa shape index (κ1) is 12.0. The van der Waals surface area contributed by atoms with Crippen molar-refractivity contribution >= 4 is 5.78 Å². The van der Waals surface area contributed by atoms with E-state index in [2.05, 4.69) is 13.5 Å². The highest BCUT2D eigenvalue weighted by Gasteiger charge is 1.89. The van der Waals surface area contributed by atoms with E-state index in [0.717, 1.165) is 6.42 Å². The van der Waals surface area contributed by atoms with Crippen molar-refractivity contribution in [1.29, 1.82) is 0 Å². The van der Waals surface area contributed by atoms with E-state index in [0.29, 0.717) is 0 Å². The van der Waals surface area contributed by atoms with Crippen LogP contribution in [0.4, 0.5) is 0 Å². The van der Waals surface area contributed by atoms with Gasteiger partial charge in [0.25, 0.3) is 0 Å². The smallest absolute Gasteiger partial charge is 0.183 e. The number of allylic oxidation sites excluding steroid dienone is 1. The first-order chi connectivity index (χ1) is 4.72. The number of carbonyl (C=O) groups excluding carboxylic acids is 1. The molecule has 0 heterocycles. The highest BCUT2D eigenvalue weighted by molar-refractivity contribution is 5.80. The van der Waals surface area contributed by atoms with E-state index in [4.69, 9.17) is 10.2 Å². The largest absolute Gasteiger partial charge is 0.388 e. The minimum Gasteiger partial charge on any atom is -0.388 e. The summed E-state index contributed by atoms with van der Waals surface area (Å²) in [6, 6.07) is 0. The molecule has 0 spiro atoms. The molecule has 0 unspecified atom stereocenters. The Labute approximate surface area is 61.0 Å². The molecule has 0 bridgehead atoms. The zero-order valence-electron chi connectivity index (χ0n) is 6.21. The molecule has 0 atom stereocenters. The Kier molecular flexibility index (Phi) is 13.5. The van der Waals surface area contributed by atoms with Gasteiger partial charge in [0.15, 0.2) is 5.78 Å². The number of hydrogen-bond acceptors (Lipinski definition) is 3. The lowest BCUT2D eigenvalue weighted by Crippen LogP contribution is -2.07. The van der Waals surface area contributed by atoms with Crippen molar-refractivity contribution in [2.24, 2.45) is 0 Å². The topological polar surface area (TPSA) is 57.5 Å². The summed E-state index contributed by atoms with van der Waals surface area (Å²) in [5.74, 6) is -0.546. The fraction of sp³-hybridized carbons (Fsp3) is 0.571. The van der Waals surface area contributed by atoms with Crippen LogP contribution in [0.2, 0.25) is 0 Å². The molecule has 0 aliphatic carbocycles. The molecule has 3 nitrogen and oxygen atoms in total. The van der Waals surface area contributed by atoms with Gasteiger partial charge in [0, 0.05) is 0 Å². The molecule has 0 saturated carbocycles. The SMILES string of the molecule is C=CCC.O=C(CO)CO. The molecule has 0 aliphatic heterocycles. The van der Waals surface area contributed by atoms with Crippen molar-refractivity contribution in [3.63, 3.8) is 0 Å². The highest BCUT2D eigenvalue weighted by atomic mass is 16.3. The van der Waals surface area contributed by atoms with Crippen LogP contribution in [-0.2, 0) is 4.79 Å². The first-order valence-electron chi connectivity index (χ1n) is 3.07. The number of ketones is 1. The summed E-state index contributed by atoms with van der Waals surface area (Å²) in [5.41, 5.74) is 0. The molecule has 0 radical (unpaired) electrons. The standard InChI is InChI=1S/C4H8.C3H6O3/c1-3-4-2;4-1-3(6)2-5/h3H,1,4H2,2H3;4-5H,1-2H2. The summed E-state index contributed by atoms with van der Waals surface area (Å²) in [6.45, 7) is 4.42. The van der Waals surface area contributed by atoms with Crippen molar-refractivity contribution in [3.05, 3.63) is 12.7 Å². The lowest BCUT2D eigenvalue weighted by atomic mass is 10.5. The van der Waals surface area contributed by atoms with E-state index in [1.54, 1.807) is 0 Å². The monoisotopic (exact) mass is 146 g/mol. The molecule has 0 aromatic carbocycles. The maximum Gasteiger partial charge on any atom is 0.183 e. The van der Waals surface area contributed by atoms with Gasteiger partial charge in [-0.3, -0.25) is 4.79 Å². The third-order valence-corrected chi connectivity index (χ3v) is 0.641. The fourth-order valence-corrected chi connectivity index (χ4v) is 0.0500. The van der Waals surface area contributed by atoms with Gasteiger partial charge >= 0.3 is 0 Å². The van der Waals surface area contributed by atoms with Crippen molar-refractivity contribution in [2.45, 2.75) is 13.3 Å². The molecule has 2 N–H and O–H groups in total. The molecule has 3 heteroatoms. The van der Waals surface area contributed by atoms with Crippen LogP contribution in [0.15, 0.2) is 12.7 Å². The van der Waals surface area contributed by atoms with E-state index < -0.39 is 19.0 Å². The number of Topliss-reactive ketones (excluding diaryl/α,β-unsaturated/α-hetero) is 1. The lowest BCUT2D eigenvalue weighted by Gasteiger charge is -1.81. The normalized spacial score (nSPS) is 7.50. The lowest BCUT2D eigenvalue weighted by molar-refractivity contribution is -0.124. The average molecular weight is 146 g/mol. The zero-order chi connectivity index (χ0) is 8.41. The number of carbonyl (C=O) groups is 1. The molecule has 0 amide bonds. The summed E-state index contributed by atoms with van der Waals surface area (Å²) in [7, 11) is 0. The first-order valence-corrected chi connectivity index (χ1v) is 3.07. The molecular formula is C7H14O3. The second-order valence-electron chi connectivity index (χ2n) is 1.55. The van der Waals surface area contributed by atoms with Gasteiger partial charge in [-0.15, -0.1) is 6.58 Å². The van der Waals surface area contributed by atoms with Crippen LogP contribution in [-0.4, -0.2) is 29.2 Å². The van der Waals surface area contributed by atoms with Crippen LogP contribution in [0, 0.1) is 0 Å². The summed E-state index contributed by atoms with van der Waals surface area (Å²) in [6.07, 6.45) is 2.96. The van der Waals surface area contributed by atoms with Crippen LogP contribution in [0.5, 0.6) is 0 Å². The van der Waals surface area contributed by atoms with Gasteiger partial charge in [-0.2, -0.15) is 0 Å². The average Bonchev–Trinajstić information content (AvgIpc) is 2.03. The van der Waals surface area contributed by atoms with Crippen LogP contribution >= 0.6 is 0 Å². The Hall–Kier alpha value is -0.670. The van der Waals surface area contributed by atoms with Gasteiger partial charge in [0.1, 0.15) is 13.2 Å². The van der Waals surface area contributed by atoms with Gasteiger partial charge in [0.05, 0.1) is 0 Å². The van der Waals surface area contributed by atoms with E-state index in [1.165, 1.54) is 0 Å². The Morgan fingerprint density at radius 1 is 1.50 bits per heavy atom. The number of aliphatic hydroxyl groups excluding tert-OH is 2. The van der Waals surface area contributed by atoms with Crippen LogP contribution in [0.1, 0.15) is 13.3 Å². The van der Waals surface area contributed by atoms with Crippen molar-refractivity contribution in [1.82, 2.24) is 0 Å². The van der Waals surface area contributed by atoms with Crippen LogP contribution in [0.25, 0.3) is 0 Å². The number of rotatable bonds is 3. The van der Waals surface area contributed by atoms with Crippen LogP contribution in [0.3, 0.4) is 0 Å². The molecule has 0 saturated heterocycles. The molecule has 0 rings (SSSR count). The Balaban J connectivity index is 0. The number of hydrogen-bond donors (Lipinski definition) is 2. The third-order valence-electron chi connectivity index (χ3n) is 0.641.